The van der Waals surface area contributed by atoms with Crippen molar-refractivity contribution < 1.29 is 9.90 Å². The summed E-state index contributed by atoms with van der Waals surface area (Å²) in [5.74, 6) is -0.289. The Morgan fingerprint density at radius 3 is 2.27 bits per heavy atom. The molecule has 4 heteroatoms. The van der Waals surface area contributed by atoms with Crippen molar-refractivity contribution in [3.8, 4) is 5.75 Å². The molecule has 0 aliphatic carbocycles. The molecule has 0 unspecified atom stereocenters. The molecule has 0 saturated heterocycles. The van der Waals surface area contributed by atoms with E-state index in [4.69, 9.17) is 11.5 Å². The highest BCUT2D eigenvalue weighted by Crippen LogP contribution is 2.21. The minimum atomic E-state index is -0.674. The first-order chi connectivity index (χ1) is 6.91. The Kier molecular flexibility index (Phi) is 3.31. The Balaban J connectivity index is 3.00. The van der Waals surface area contributed by atoms with E-state index in [9.17, 15) is 9.90 Å². The lowest BCUT2D eigenvalue weighted by atomic mass is 9.96. The van der Waals surface area contributed by atoms with E-state index in [1.54, 1.807) is 12.1 Å². The summed E-state index contributed by atoms with van der Waals surface area (Å²) < 4.78 is 0. The number of amides is 1. The lowest BCUT2D eigenvalue weighted by molar-refractivity contribution is -0.119. The van der Waals surface area contributed by atoms with Gasteiger partial charge in [0, 0.05) is 0 Å². The van der Waals surface area contributed by atoms with Crippen LogP contribution in [0.3, 0.4) is 0 Å². The molecule has 0 saturated carbocycles. The van der Waals surface area contributed by atoms with Gasteiger partial charge in [-0.05, 0) is 49.1 Å². The van der Waals surface area contributed by atoms with Crippen molar-refractivity contribution in [3.05, 3.63) is 28.8 Å². The molecule has 0 aliphatic rings. The van der Waals surface area contributed by atoms with E-state index in [-0.39, 0.29) is 5.75 Å². The van der Waals surface area contributed by atoms with Crippen LogP contribution in [0, 0.1) is 13.8 Å². The van der Waals surface area contributed by atoms with Gasteiger partial charge in [0.05, 0.1) is 6.04 Å². The number of rotatable bonds is 3. The average Bonchev–Trinajstić information content (AvgIpc) is 2.10. The number of hydrogen-bond donors (Lipinski definition) is 3. The average molecular weight is 208 g/mol. The Morgan fingerprint density at radius 1 is 1.40 bits per heavy atom. The third kappa shape index (κ3) is 2.70. The first kappa shape index (κ1) is 11.5. The molecule has 1 rings (SSSR count). The summed E-state index contributed by atoms with van der Waals surface area (Å²) in [4.78, 5) is 10.8. The van der Waals surface area contributed by atoms with Gasteiger partial charge in [0.15, 0.2) is 0 Å². The molecule has 0 radical (unpaired) electrons. The van der Waals surface area contributed by atoms with Crippen LogP contribution in [0.15, 0.2) is 12.1 Å². The molecule has 15 heavy (non-hydrogen) atoms. The van der Waals surface area contributed by atoms with Crippen LogP contribution in [0.4, 0.5) is 0 Å². The molecule has 0 fully saturated rings. The fraction of sp³-hybridized carbons (Fsp3) is 0.364. The van der Waals surface area contributed by atoms with Gasteiger partial charge in [0.1, 0.15) is 5.75 Å². The number of phenols is 1. The molecule has 0 aromatic heterocycles. The smallest absolute Gasteiger partial charge is 0.234 e. The number of aryl methyl sites for hydroxylation is 2. The van der Waals surface area contributed by atoms with Crippen LogP contribution in [-0.2, 0) is 11.2 Å². The van der Waals surface area contributed by atoms with E-state index < -0.39 is 11.9 Å². The number of phenolic OH excluding ortho intramolecular Hbond substituents is 1. The summed E-state index contributed by atoms with van der Waals surface area (Å²) in [6.07, 6.45) is 0.410. The summed E-state index contributed by atoms with van der Waals surface area (Å²) >= 11 is 0. The number of hydrogen-bond acceptors (Lipinski definition) is 3. The minimum Gasteiger partial charge on any atom is -0.508 e. The van der Waals surface area contributed by atoms with Crippen LogP contribution in [0.25, 0.3) is 0 Å². The maximum atomic E-state index is 10.8. The van der Waals surface area contributed by atoms with Gasteiger partial charge in [-0.3, -0.25) is 4.79 Å². The summed E-state index contributed by atoms with van der Waals surface area (Å²) in [7, 11) is 0. The SMILES string of the molecule is Cc1cc(O)cc(C)c1C[C@@H](N)C(N)=O. The number of carbonyl (C=O) groups excluding carboxylic acids is 1. The van der Waals surface area contributed by atoms with Gasteiger partial charge >= 0.3 is 0 Å². The molecule has 82 valence electrons. The largest absolute Gasteiger partial charge is 0.508 e. The number of carbonyl (C=O) groups is 1. The summed E-state index contributed by atoms with van der Waals surface area (Å²) in [6.45, 7) is 3.74. The van der Waals surface area contributed by atoms with Crippen LogP contribution in [0.1, 0.15) is 16.7 Å². The number of aromatic hydroxyl groups is 1. The fourth-order valence-electron chi connectivity index (χ4n) is 1.61. The van der Waals surface area contributed by atoms with Crippen molar-refractivity contribution in [2.75, 3.05) is 0 Å². The Labute approximate surface area is 88.9 Å². The molecule has 1 aromatic carbocycles. The molecule has 1 amide bonds. The van der Waals surface area contributed by atoms with E-state index >= 15 is 0 Å². The minimum absolute atomic E-state index is 0.224. The second-order valence-corrected chi connectivity index (χ2v) is 3.77. The van der Waals surface area contributed by atoms with Gasteiger partial charge in [-0.1, -0.05) is 0 Å². The van der Waals surface area contributed by atoms with Crippen molar-refractivity contribution >= 4 is 5.91 Å². The van der Waals surface area contributed by atoms with Crippen molar-refractivity contribution in [2.24, 2.45) is 11.5 Å². The molecule has 0 bridgehead atoms. The highest BCUT2D eigenvalue weighted by Gasteiger charge is 2.13. The highest BCUT2D eigenvalue weighted by atomic mass is 16.3. The van der Waals surface area contributed by atoms with Crippen LogP contribution in [0.5, 0.6) is 5.75 Å². The number of primary amides is 1. The highest BCUT2D eigenvalue weighted by molar-refractivity contribution is 5.80. The van der Waals surface area contributed by atoms with E-state index in [2.05, 4.69) is 0 Å². The molecular weight excluding hydrogens is 192 g/mol. The maximum absolute atomic E-state index is 10.8. The fourth-order valence-corrected chi connectivity index (χ4v) is 1.61. The molecule has 4 nitrogen and oxygen atoms in total. The van der Waals surface area contributed by atoms with Crippen LogP contribution < -0.4 is 11.5 Å². The molecule has 0 aliphatic heterocycles. The summed E-state index contributed by atoms with van der Waals surface area (Å²) in [6, 6.07) is 2.62. The lowest BCUT2D eigenvalue weighted by Gasteiger charge is -2.13. The maximum Gasteiger partial charge on any atom is 0.234 e. The third-order valence-corrected chi connectivity index (χ3v) is 2.47. The van der Waals surface area contributed by atoms with Crippen LogP contribution >= 0.6 is 0 Å². The van der Waals surface area contributed by atoms with Crippen molar-refractivity contribution in [2.45, 2.75) is 26.3 Å². The Hall–Kier alpha value is -1.55. The standard InChI is InChI=1S/C11H16N2O2/c1-6-3-8(14)4-7(2)9(6)5-10(12)11(13)15/h3-4,10,14H,5,12H2,1-2H3,(H2,13,15)/t10-/m1/s1. The molecule has 1 atom stereocenters. The normalized spacial score (nSPS) is 12.5. The van der Waals surface area contributed by atoms with E-state index in [0.29, 0.717) is 6.42 Å². The van der Waals surface area contributed by atoms with E-state index in [1.165, 1.54) is 0 Å². The molecule has 5 N–H and O–H groups in total. The third-order valence-electron chi connectivity index (χ3n) is 2.47. The van der Waals surface area contributed by atoms with Gasteiger partial charge in [-0.2, -0.15) is 0 Å². The summed E-state index contributed by atoms with van der Waals surface area (Å²) in [5.41, 5.74) is 13.5. The second-order valence-electron chi connectivity index (χ2n) is 3.77. The van der Waals surface area contributed by atoms with E-state index in [0.717, 1.165) is 16.7 Å². The quantitative estimate of drug-likeness (QED) is 0.670. The zero-order valence-electron chi connectivity index (χ0n) is 8.95. The number of benzene rings is 1. The molecule has 0 spiro atoms. The molecular formula is C11H16N2O2. The first-order valence-corrected chi connectivity index (χ1v) is 4.75. The second kappa shape index (κ2) is 4.31. The van der Waals surface area contributed by atoms with Crippen molar-refractivity contribution in [3.63, 3.8) is 0 Å². The molecule has 1 aromatic rings. The van der Waals surface area contributed by atoms with Crippen molar-refractivity contribution in [1.29, 1.82) is 0 Å². The topological polar surface area (TPSA) is 89.3 Å². The van der Waals surface area contributed by atoms with Crippen molar-refractivity contribution in [1.82, 2.24) is 0 Å². The van der Waals surface area contributed by atoms with Gasteiger partial charge in [0.2, 0.25) is 5.91 Å². The van der Waals surface area contributed by atoms with E-state index in [1.807, 2.05) is 13.8 Å². The first-order valence-electron chi connectivity index (χ1n) is 4.75. The van der Waals surface area contributed by atoms with Crippen LogP contribution in [-0.4, -0.2) is 17.1 Å². The van der Waals surface area contributed by atoms with Crippen LogP contribution in [0.2, 0.25) is 0 Å². The van der Waals surface area contributed by atoms with Gasteiger partial charge in [-0.15, -0.1) is 0 Å². The molecule has 0 heterocycles. The predicted molar refractivity (Wildman–Crippen MR) is 58.5 cm³/mol. The Bertz CT molecular complexity index is 365. The van der Waals surface area contributed by atoms with Gasteiger partial charge < -0.3 is 16.6 Å². The zero-order valence-corrected chi connectivity index (χ0v) is 8.95. The zero-order chi connectivity index (χ0) is 11.6. The summed E-state index contributed by atoms with van der Waals surface area (Å²) in [5, 5.41) is 9.34. The van der Waals surface area contributed by atoms with Gasteiger partial charge in [-0.25, -0.2) is 0 Å². The lowest BCUT2D eigenvalue weighted by Crippen LogP contribution is -2.38. The Morgan fingerprint density at radius 2 is 1.87 bits per heavy atom. The predicted octanol–water partition coefficient (Wildman–Crippen LogP) is 0.364. The monoisotopic (exact) mass is 208 g/mol. The number of nitrogens with two attached hydrogens (primary N) is 2. The van der Waals surface area contributed by atoms with Gasteiger partial charge in [0.25, 0.3) is 0 Å².